The van der Waals surface area contributed by atoms with E-state index in [9.17, 15) is 5.11 Å². The van der Waals surface area contributed by atoms with Gasteiger partial charge in [-0.1, -0.05) is 51.2 Å². The Balaban J connectivity index is 1.90. The van der Waals surface area contributed by atoms with E-state index in [1.54, 1.807) is 6.07 Å². The van der Waals surface area contributed by atoms with Gasteiger partial charge in [-0.3, -0.25) is 0 Å². The van der Waals surface area contributed by atoms with Gasteiger partial charge >= 0.3 is 0 Å². The predicted octanol–water partition coefficient (Wildman–Crippen LogP) is 4.65. The number of aromatic hydroxyl groups is 1. The van der Waals surface area contributed by atoms with Crippen LogP contribution in [0.2, 0.25) is 0 Å². The van der Waals surface area contributed by atoms with Crippen LogP contribution < -0.4 is 5.32 Å². The van der Waals surface area contributed by atoms with Gasteiger partial charge in [0, 0.05) is 6.54 Å². The summed E-state index contributed by atoms with van der Waals surface area (Å²) in [6, 6.07) is 5.90. The van der Waals surface area contributed by atoms with Crippen LogP contribution in [0.4, 0.5) is 5.69 Å². The van der Waals surface area contributed by atoms with E-state index in [4.69, 9.17) is 0 Å². The Morgan fingerprint density at radius 2 is 2.06 bits per heavy atom. The molecule has 0 amide bonds. The zero-order valence-corrected chi connectivity index (χ0v) is 11.4. The highest BCUT2D eigenvalue weighted by Gasteiger charge is 2.21. The average Bonchev–Trinajstić information content (AvgIpc) is 2.39. The van der Waals surface area contributed by atoms with E-state index < -0.39 is 0 Å². The Kier molecular flexibility index (Phi) is 4.91. The molecular weight excluding hydrogens is 222 g/mol. The van der Waals surface area contributed by atoms with Gasteiger partial charge in [0.05, 0.1) is 5.69 Å². The van der Waals surface area contributed by atoms with Gasteiger partial charge in [0.2, 0.25) is 0 Å². The topological polar surface area (TPSA) is 32.3 Å². The van der Waals surface area contributed by atoms with E-state index in [0.717, 1.165) is 12.2 Å². The molecule has 0 spiro atoms. The number of fused-ring (bicyclic) bond motifs is 1. The third kappa shape index (κ3) is 3.18. The van der Waals surface area contributed by atoms with E-state index in [-0.39, 0.29) is 0 Å². The minimum absolute atomic E-state index is 0.406. The molecule has 1 aliphatic heterocycles. The SMILES string of the molecule is CCCCCCCC1CCNc2c(O)cccc21. The summed E-state index contributed by atoms with van der Waals surface area (Å²) in [6.07, 6.45) is 9.18. The smallest absolute Gasteiger partial charge is 0.138 e. The first-order valence-electron chi connectivity index (χ1n) is 7.38. The van der Waals surface area contributed by atoms with Gasteiger partial charge in [0.15, 0.2) is 0 Å². The fourth-order valence-corrected chi connectivity index (χ4v) is 2.91. The van der Waals surface area contributed by atoms with Crippen molar-refractivity contribution in [3.63, 3.8) is 0 Å². The summed E-state index contributed by atoms with van der Waals surface area (Å²) in [5.41, 5.74) is 2.29. The van der Waals surface area contributed by atoms with E-state index in [1.165, 1.54) is 50.5 Å². The number of para-hydroxylation sites is 1. The van der Waals surface area contributed by atoms with Gasteiger partial charge in [-0.05, 0) is 30.4 Å². The number of benzene rings is 1. The number of nitrogens with one attached hydrogen (secondary N) is 1. The third-order valence-corrected chi connectivity index (χ3v) is 3.97. The fraction of sp³-hybridized carbons (Fsp3) is 0.625. The summed E-state index contributed by atoms with van der Waals surface area (Å²) >= 11 is 0. The van der Waals surface area contributed by atoms with Crippen molar-refractivity contribution in [2.24, 2.45) is 0 Å². The predicted molar refractivity (Wildman–Crippen MR) is 77.3 cm³/mol. The standard InChI is InChI=1S/C16H25NO/c1-2-3-4-5-6-8-13-11-12-17-16-14(13)9-7-10-15(16)18/h7,9-10,13,17-18H,2-6,8,11-12H2,1H3. The zero-order chi connectivity index (χ0) is 12.8. The molecular formula is C16H25NO. The van der Waals surface area contributed by atoms with E-state index in [2.05, 4.69) is 18.3 Å². The van der Waals surface area contributed by atoms with Crippen molar-refractivity contribution in [3.8, 4) is 5.75 Å². The van der Waals surface area contributed by atoms with Gasteiger partial charge in [0.1, 0.15) is 5.75 Å². The number of anilines is 1. The van der Waals surface area contributed by atoms with Gasteiger partial charge in [-0.15, -0.1) is 0 Å². The molecule has 2 nitrogen and oxygen atoms in total. The maximum absolute atomic E-state index is 9.85. The third-order valence-electron chi connectivity index (χ3n) is 3.97. The van der Waals surface area contributed by atoms with Gasteiger partial charge < -0.3 is 10.4 Å². The Morgan fingerprint density at radius 1 is 1.22 bits per heavy atom. The summed E-state index contributed by atoms with van der Waals surface area (Å²) < 4.78 is 0. The van der Waals surface area contributed by atoms with Crippen LogP contribution in [-0.4, -0.2) is 11.7 Å². The zero-order valence-electron chi connectivity index (χ0n) is 11.4. The first-order valence-corrected chi connectivity index (χ1v) is 7.38. The molecule has 0 aliphatic carbocycles. The first-order chi connectivity index (χ1) is 8.83. The van der Waals surface area contributed by atoms with Crippen LogP contribution in [0, 0.1) is 0 Å². The lowest BCUT2D eigenvalue weighted by Gasteiger charge is -2.27. The lowest BCUT2D eigenvalue weighted by molar-refractivity contribution is 0.469. The van der Waals surface area contributed by atoms with Crippen LogP contribution in [-0.2, 0) is 0 Å². The van der Waals surface area contributed by atoms with Crippen molar-refractivity contribution in [2.45, 2.75) is 57.8 Å². The summed E-state index contributed by atoms with van der Waals surface area (Å²) in [5, 5.41) is 13.2. The molecule has 1 aliphatic rings. The molecule has 18 heavy (non-hydrogen) atoms. The summed E-state index contributed by atoms with van der Waals surface area (Å²) in [7, 11) is 0. The molecule has 0 aromatic heterocycles. The molecule has 1 heterocycles. The summed E-state index contributed by atoms with van der Waals surface area (Å²) in [6.45, 7) is 3.25. The van der Waals surface area contributed by atoms with Crippen molar-refractivity contribution in [3.05, 3.63) is 23.8 Å². The number of hydrogen-bond donors (Lipinski definition) is 2. The van der Waals surface area contributed by atoms with Gasteiger partial charge in [-0.25, -0.2) is 0 Å². The molecule has 2 N–H and O–H groups in total. The minimum Gasteiger partial charge on any atom is -0.506 e. The normalized spacial score (nSPS) is 18.2. The molecule has 1 atom stereocenters. The Labute approximate surface area is 110 Å². The monoisotopic (exact) mass is 247 g/mol. The van der Waals surface area contributed by atoms with Crippen molar-refractivity contribution < 1.29 is 5.11 Å². The lowest BCUT2D eigenvalue weighted by Crippen LogP contribution is -2.16. The fourth-order valence-electron chi connectivity index (χ4n) is 2.91. The van der Waals surface area contributed by atoms with Crippen LogP contribution in [0.1, 0.15) is 63.4 Å². The van der Waals surface area contributed by atoms with Crippen molar-refractivity contribution in [1.29, 1.82) is 0 Å². The van der Waals surface area contributed by atoms with Crippen LogP contribution >= 0.6 is 0 Å². The molecule has 1 aromatic carbocycles. The van der Waals surface area contributed by atoms with Gasteiger partial charge in [0.25, 0.3) is 0 Å². The number of unbranched alkanes of at least 4 members (excludes halogenated alkanes) is 4. The molecule has 0 fully saturated rings. The van der Waals surface area contributed by atoms with Crippen molar-refractivity contribution in [2.75, 3.05) is 11.9 Å². The molecule has 0 bridgehead atoms. The van der Waals surface area contributed by atoms with Gasteiger partial charge in [-0.2, -0.15) is 0 Å². The van der Waals surface area contributed by atoms with E-state index in [0.29, 0.717) is 11.7 Å². The molecule has 0 radical (unpaired) electrons. The second-order valence-corrected chi connectivity index (χ2v) is 5.36. The highest BCUT2D eigenvalue weighted by Crippen LogP contribution is 2.39. The molecule has 2 heteroatoms. The number of hydrogen-bond acceptors (Lipinski definition) is 2. The second-order valence-electron chi connectivity index (χ2n) is 5.36. The van der Waals surface area contributed by atoms with E-state index >= 15 is 0 Å². The molecule has 2 rings (SSSR count). The molecule has 0 saturated carbocycles. The molecule has 1 aromatic rings. The number of rotatable bonds is 6. The van der Waals surface area contributed by atoms with Crippen LogP contribution in [0.5, 0.6) is 5.75 Å². The largest absolute Gasteiger partial charge is 0.506 e. The molecule has 1 unspecified atom stereocenters. The Bertz CT molecular complexity index is 375. The molecule has 100 valence electrons. The van der Waals surface area contributed by atoms with E-state index in [1.807, 2.05) is 6.07 Å². The maximum atomic E-state index is 9.85. The quantitative estimate of drug-likeness (QED) is 0.566. The Hall–Kier alpha value is -1.18. The highest BCUT2D eigenvalue weighted by molar-refractivity contribution is 5.63. The molecule has 0 saturated heterocycles. The number of phenols is 1. The summed E-state index contributed by atoms with van der Waals surface area (Å²) in [4.78, 5) is 0. The second kappa shape index (κ2) is 6.67. The van der Waals surface area contributed by atoms with Crippen LogP contribution in [0.15, 0.2) is 18.2 Å². The van der Waals surface area contributed by atoms with Crippen LogP contribution in [0.3, 0.4) is 0 Å². The highest BCUT2D eigenvalue weighted by atomic mass is 16.3. The lowest BCUT2D eigenvalue weighted by atomic mass is 9.86. The van der Waals surface area contributed by atoms with Crippen molar-refractivity contribution in [1.82, 2.24) is 0 Å². The summed E-state index contributed by atoms with van der Waals surface area (Å²) in [5.74, 6) is 1.04. The Morgan fingerprint density at radius 3 is 2.89 bits per heavy atom. The first kappa shape index (κ1) is 13.3. The number of phenolic OH excluding ortho intramolecular Hbond substituents is 1. The van der Waals surface area contributed by atoms with Crippen molar-refractivity contribution >= 4 is 5.69 Å². The minimum atomic E-state index is 0.406. The maximum Gasteiger partial charge on any atom is 0.138 e. The van der Waals surface area contributed by atoms with Crippen LogP contribution in [0.25, 0.3) is 0 Å². The average molecular weight is 247 g/mol.